The first-order valence-electron chi connectivity index (χ1n) is 4.52. The lowest BCUT2D eigenvalue weighted by atomic mass is 10.1. The van der Waals surface area contributed by atoms with Gasteiger partial charge in [-0.15, -0.1) is 9.24 Å². The van der Waals surface area contributed by atoms with Crippen LogP contribution in [0.2, 0.25) is 0 Å². The van der Waals surface area contributed by atoms with E-state index in [1.165, 1.54) is 6.07 Å². The predicted molar refractivity (Wildman–Crippen MR) is 57.2 cm³/mol. The Morgan fingerprint density at radius 1 is 1.43 bits per heavy atom. The van der Waals surface area contributed by atoms with Crippen LogP contribution in [0.3, 0.4) is 0 Å². The summed E-state index contributed by atoms with van der Waals surface area (Å²) >= 11 is 0. The molecule has 2 nitrogen and oxygen atoms in total. The molecule has 2 atom stereocenters. The summed E-state index contributed by atoms with van der Waals surface area (Å²) in [7, 11) is 4.07. The van der Waals surface area contributed by atoms with Crippen LogP contribution < -0.4 is 10.6 Å². The first-order chi connectivity index (χ1) is 6.54. The smallest absolute Gasteiger partial charge is 0.130 e. The minimum atomic E-state index is -0.896. The van der Waals surface area contributed by atoms with Gasteiger partial charge in [0.25, 0.3) is 0 Å². The average Bonchev–Trinajstić information content (AvgIpc) is 2.43. The molecule has 1 aromatic carbocycles. The van der Waals surface area contributed by atoms with Crippen molar-refractivity contribution in [2.45, 2.75) is 18.6 Å². The van der Waals surface area contributed by atoms with Crippen LogP contribution in [0.15, 0.2) is 12.1 Å². The SMILES string of the molecule is CNC1(O)Cc2cc(F)c(P)cc2C1. The van der Waals surface area contributed by atoms with Crippen LogP contribution in [0.4, 0.5) is 4.39 Å². The first-order valence-corrected chi connectivity index (χ1v) is 5.10. The van der Waals surface area contributed by atoms with Crippen molar-refractivity contribution in [2.24, 2.45) is 0 Å². The molecular weight excluding hydrogens is 200 g/mol. The Bertz CT molecular complexity index is 350. The van der Waals surface area contributed by atoms with Crippen LogP contribution in [0, 0.1) is 5.82 Å². The molecule has 0 saturated heterocycles. The minimum Gasteiger partial charge on any atom is -0.375 e. The number of rotatable bonds is 1. The Kier molecular flexibility index (Phi) is 2.34. The van der Waals surface area contributed by atoms with E-state index in [4.69, 9.17) is 0 Å². The largest absolute Gasteiger partial charge is 0.375 e. The zero-order valence-corrected chi connectivity index (χ0v) is 9.13. The molecule has 1 aliphatic rings. The van der Waals surface area contributed by atoms with Gasteiger partial charge in [0.05, 0.1) is 0 Å². The highest BCUT2D eigenvalue weighted by molar-refractivity contribution is 7.27. The number of halogens is 1. The lowest BCUT2D eigenvalue weighted by molar-refractivity contribution is 0.0237. The molecule has 0 bridgehead atoms. The van der Waals surface area contributed by atoms with Crippen LogP contribution in [0.25, 0.3) is 0 Å². The second-order valence-corrected chi connectivity index (χ2v) is 4.40. The Morgan fingerprint density at radius 3 is 2.57 bits per heavy atom. The van der Waals surface area contributed by atoms with Gasteiger partial charge in [-0.25, -0.2) is 4.39 Å². The topological polar surface area (TPSA) is 32.3 Å². The molecule has 0 saturated carbocycles. The predicted octanol–water partition coefficient (Wildman–Crippen LogP) is 0.333. The van der Waals surface area contributed by atoms with E-state index in [2.05, 4.69) is 14.6 Å². The van der Waals surface area contributed by atoms with Gasteiger partial charge < -0.3 is 5.11 Å². The van der Waals surface area contributed by atoms with E-state index in [0.29, 0.717) is 18.1 Å². The average molecular weight is 213 g/mol. The molecule has 0 aromatic heterocycles. The fourth-order valence-corrected chi connectivity index (χ4v) is 2.16. The Hall–Kier alpha value is -0.500. The molecule has 0 spiro atoms. The Balaban J connectivity index is 2.41. The second kappa shape index (κ2) is 3.27. The third-order valence-corrected chi connectivity index (χ3v) is 3.19. The molecule has 4 heteroatoms. The van der Waals surface area contributed by atoms with E-state index in [9.17, 15) is 9.50 Å². The van der Waals surface area contributed by atoms with Crippen molar-refractivity contribution >= 4 is 14.5 Å². The molecule has 2 N–H and O–H groups in total. The molecule has 0 fully saturated rings. The van der Waals surface area contributed by atoms with Crippen molar-refractivity contribution in [3.05, 3.63) is 29.1 Å². The van der Waals surface area contributed by atoms with Crippen LogP contribution >= 0.6 is 9.24 Å². The van der Waals surface area contributed by atoms with Crippen molar-refractivity contribution in [3.63, 3.8) is 0 Å². The summed E-state index contributed by atoms with van der Waals surface area (Å²) in [6.45, 7) is 0. The highest BCUT2D eigenvalue weighted by atomic mass is 31.0. The van der Waals surface area contributed by atoms with Crippen LogP contribution in [-0.4, -0.2) is 17.9 Å². The van der Waals surface area contributed by atoms with E-state index in [0.717, 1.165) is 11.1 Å². The summed E-state index contributed by atoms with van der Waals surface area (Å²) in [5, 5.41) is 13.4. The molecule has 0 radical (unpaired) electrons. The highest BCUT2D eigenvalue weighted by Crippen LogP contribution is 2.28. The normalized spacial score (nSPS) is 25.1. The van der Waals surface area contributed by atoms with Crippen molar-refractivity contribution in [3.8, 4) is 0 Å². The van der Waals surface area contributed by atoms with Crippen LogP contribution in [0.5, 0.6) is 0 Å². The van der Waals surface area contributed by atoms with Gasteiger partial charge in [-0.05, 0) is 30.3 Å². The minimum absolute atomic E-state index is 0.228. The van der Waals surface area contributed by atoms with Gasteiger partial charge in [0.1, 0.15) is 11.5 Å². The van der Waals surface area contributed by atoms with E-state index < -0.39 is 5.72 Å². The third kappa shape index (κ3) is 1.56. The monoisotopic (exact) mass is 213 g/mol. The van der Waals surface area contributed by atoms with Crippen molar-refractivity contribution in [2.75, 3.05) is 7.05 Å². The fraction of sp³-hybridized carbons (Fsp3) is 0.400. The zero-order valence-electron chi connectivity index (χ0n) is 7.97. The molecule has 0 amide bonds. The molecule has 1 aromatic rings. The lowest BCUT2D eigenvalue weighted by Gasteiger charge is -2.20. The van der Waals surface area contributed by atoms with Crippen LogP contribution in [0.1, 0.15) is 11.1 Å². The van der Waals surface area contributed by atoms with Gasteiger partial charge >= 0.3 is 0 Å². The quantitative estimate of drug-likeness (QED) is 0.520. The van der Waals surface area contributed by atoms with Gasteiger partial charge in [-0.1, -0.05) is 0 Å². The molecule has 76 valence electrons. The summed E-state index contributed by atoms with van der Waals surface area (Å²) in [5.41, 5.74) is 1.02. The van der Waals surface area contributed by atoms with E-state index in [-0.39, 0.29) is 5.82 Å². The van der Waals surface area contributed by atoms with Gasteiger partial charge in [-0.3, -0.25) is 5.32 Å². The molecule has 2 rings (SSSR count). The summed E-state index contributed by atoms with van der Waals surface area (Å²) in [6, 6.07) is 3.29. The van der Waals surface area contributed by atoms with Crippen molar-refractivity contribution in [1.82, 2.24) is 5.32 Å². The number of nitrogens with one attached hydrogen (secondary N) is 1. The van der Waals surface area contributed by atoms with Gasteiger partial charge in [0, 0.05) is 18.1 Å². The Morgan fingerprint density at radius 2 is 2.00 bits per heavy atom. The number of hydrogen-bond donors (Lipinski definition) is 2. The van der Waals surface area contributed by atoms with Crippen LogP contribution in [-0.2, 0) is 12.8 Å². The number of benzene rings is 1. The highest BCUT2D eigenvalue weighted by Gasteiger charge is 2.33. The molecular formula is C10H13FNOP. The summed E-state index contributed by atoms with van der Waals surface area (Å²) in [6.07, 6.45) is 1.02. The maximum atomic E-state index is 13.2. The van der Waals surface area contributed by atoms with Gasteiger partial charge in [0.2, 0.25) is 0 Å². The van der Waals surface area contributed by atoms with Gasteiger partial charge in [-0.2, -0.15) is 0 Å². The number of fused-ring (bicyclic) bond motifs is 1. The third-order valence-electron chi connectivity index (χ3n) is 2.75. The molecule has 0 heterocycles. The van der Waals surface area contributed by atoms with E-state index in [1.807, 2.05) is 0 Å². The molecule has 1 aliphatic carbocycles. The first kappa shape index (κ1) is 10.0. The fourth-order valence-electron chi connectivity index (χ4n) is 1.88. The molecule has 2 unspecified atom stereocenters. The van der Waals surface area contributed by atoms with Gasteiger partial charge in [0.15, 0.2) is 0 Å². The Labute approximate surface area is 84.7 Å². The number of hydrogen-bond acceptors (Lipinski definition) is 2. The molecule has 14 heavy (non-hydrogen) atoms. The zero-order chi connectivity index (χ0) is 10.3. The number of aliphatic hydroxyl groups is 1. The lowest BCUT2D eigenvalue weighted by Crippen LogP contribution is -2.43. The maximum Gasteiger partial charge on any atom is 0.130 e. The maximum absolute atomic E-state index is 13.2. The second-order valence-electron chi connectivity index (χ2n) is 3.78. The standard InChI is InChI=1S/C10H13FNOP/c1-12-10(13)4-6-2-8(11)9(14)3-7(6)5-10/h2-3,12-13H,4-5,14H2,1H3. The van der Waals surface area contributed by atoms with E-state index in [1.54, 1.807) is 13.1 Å². The van der Waals surface area contributed by atoms with E-state index >= 15 is 0 Å². The molecule has 0 aliphatic heterocycles. The summed E-state index contributed by atoms with van der Waals surface area (Å²) in [5.74, 6) is -0.228. The van der Waals surface area contributed by atoms with Crippen molar-refractivity contribution in [1.29, 1.82) is 0 Å². The van der Waals surface area contributed by atoms with Crippen molar-refractivity contribution < 1.29 is 9.50 Å². The summed E-state index contributed by atoms with van der Waals surface area (Å²) in [4.78, 5) is 0. The number of likely N-dealkylation sites (N-methyl/N-ethyl adjacent to an activating group) is 1. The summed E-state index contributed by atoms with van der Waals surface area (Å²) < 4.78 is 13.2.